The molecule has 1 N–H and O–H groups in total. The molecule has 0 aliphatic carbocycles. The summed E-state index contributed by atoms with van der Waals surface area (Å²) in [5, 5.41) is 12.5. The van der Waals surface area contributed by atoms with Crippen LogP contribution in [0.3, 0.4) is 0 Å². The molecule has 1 aromatic rings. The van der Waals surface area contributed by atoms with Crippen LogP contribution in [-0.4, -0.2) is 16.7 Å². The zero-order valence-electron chi connectivity index (χ0n) is 9.16. The number of aliphatic hydroxyl groups is 1. The van der Waals surface area contributed by atoms with Gasteiger partial charge in [0.2, 0.25) is 0 Å². The molecule has 0 spiro atoms. The first-order valence-electron chi connectivity index (χ1n) is 5.24. The molecule has 2 nitrogen and oxygen atoms in total. The van der Waals surface area contributed by atoms with Crippen molar-refractivity contribution in [3.63, 3.8) is 0 Å². The summed E-state index contributed by atoms with van der Waals surface area (Å²) in [4.78, 5) is 4.55. The van der Waals surface area contributed by atoms with Gasteiger partial charge in [-0.1, -0.05) is 20.8 Å². The normalized spacial score (nSPS) is 13.5. The highest BCUT2D eigenvalue weighted by atomic mass is 32.1. The molecule has 0 amide bonds. The van der Waals surface area contributed by atoms with Crippen LogP contribution in [0.1, 0.15) is 43.8 Å². The molecule has 1 unspecified atom stereocenters. The van der Waals surface area contributed by atoms with E-state index >= 15 is 0 Å². The summed E-state index contributed by atoms with van der Waals surface area (Å²) in [7, 11) is 0. The molecule has 14 heavy (non-hydrogen) atoms. The van der Waals surface area contributed by atoms with E-state index in [0.717, 1.165) is 18.5 Å². The van der Waals surface area contributed by atoms with E-state index in [1.807, 2.05) is 0 Å². The van der Waals surface area contributed by atoms with Crippen LogP contribution in [0.2, 0.25) is 0 Å². The molecule has 0 bridgehead atoms. The zero-order chi connectivity index (χ0) is 10.6. The van der Waals surface area contributed by atoms with Gasteiger partial charge in [-0.3, -0.25) is 0 Å². The van der Waals surface area contributed by atoms with Crippen molar-refractivity contribution in [3.8, 4) is 0 Å². The Morgan fingerprint density at radius 1 is 1.50 bits per heavy atom. The van der Waals surface area contributed by atoms with E-state index in [1.165, 1.54) is 5.01 Å². The monoisotopic (exact) mass is 213 g/mol. The van der Waals surface area contributed by atoms with Crippen molar-refractivity contribution in [2.75, 3.05) is 6.61 Å². The molecule has 0 aromatic carbocycles. The van der Waals surface area contributed by atoms with Gasteiger partial charge in [-0.05, 0) is 18.8 Å². The summed E-state index contributed by atoms with van der Waals surface area (Å²) in [5.74, 6) is 0.661. The molecular formula is C11H19NOS. The molecule has 3 heteroatoms. The minimum atomic E-state index is 0.201. The summed E-state index contributed by atoms with van der Waals surface area (Å²) in [6.07, 6.45) is 2.19. The summed E-state index contributed by atoms with van der Waals surface area (Å²) in [6, 6.07) is 0. The Bertz CT molecular complexity index is 270. The van der Waals surface area contributed by atoms with Gasteiger partial charge in [-0.15, -0.1) is 11.3 Å². The van der Waals surface area contributed by atoms with Crippen LogP contribution in [0.5, 0.6) is 0 Å². The molecule has 0 fully saturated rings. The van der Waals surface area contributed by atoms with Crippen molar-refractivity contribution in [2.45, 2.75) is 39.5 Å². The lowest BCUT2D eigenvalue weighted by molar-refractivity contribution is 0.235. The van der Waals surface area contributed by atoms with Crippen LogP contribution in [0, 0.1) is 5.92 Å². The van der Waals surface area contributed by atoms with Gasteiger partial charge in [0.15, 0.2) is 0 Å². The predicted molar refractivity (Wildman–Crippen MR) is 60.8 cm³/mol. The summed E-state index contributed by atoms with van der Waals surface area (Å²) in [5.41, 5.74) is 1.07. The Kier molecular flexibility index (Phi) is 4.55. The molecule has 80 valence electrons. The summed E-state index contributed by atoms with van der Waals surface area (Å²) >= 11 is 1.71. The van der Waals surface area contributed by atoms with Crippen LogP contribution in [0.25, 0.3) is 0 Å². The van der Waals surface area contributed by atoms with Crippen molar-refractivity contribution in [2.24, 2.45) is 5.92 Å². The van der Waals surface area contributed by atoms with Crippen molar-refractivity contribution in [1.82, 2.24) is 4.98 Å². The standard InChI is InChI=1S/C11H19NOS/c1-4-5-11-12-10(7-14-11)9(6-13)8(2)3/h7-9,13H,4-6H2,1-3H3. The smallest absolute Gasteiger partial charge is 0.0928 e. The van der Waals surface area contributed by atoms with Crippen molar-refractivity contribution < 1.29 is 5.11 Å². The highest BCUT2D eigenvalue weighted by molar-refractivity contribution is 7.09. The minimum Gasteiger partial charge on any atom is -0.396 e. The first-order chi connectivity index (χ1) is 6.69. The van der Waals surface area contributed by atoms with Gasteiger partial charge < -0.3 is 5.11 Å². The molecule has 0 aliphatic rings. The van der Waals surface area contributed by atoms with Crippen LogP contribution in [0.4, 0.5) is 0 Å². The lowest BCUT2D eigenvalue weighted by Crippen LogP contribution is -2.11. The lowest BCUT2D eigenvalue weighted by atomic mass is 9.94. The molecule has 0 saturated heterocycles. The van der Waals surface area contributed by atoms with Crippen LogP contribution in [0.15, 0.2) is 5.38 Å². The second-order valence-corrected chi connectivity index (χ2v) is 4.89. The molecular weight excluding hydrogens is 194 g/mol. The highest BCUT2D eigenvalue weighted by Crippen LogP contribution is 2.25. The second kappa shape index (κ2) is 5.47. The van der Waals surface area contributed by atoms with E-state index in [0.29, 0.717) is 5.92 Å². The van der Waals surface area contributed by atoms with E-state index in [-0.39, 0.29) is 12.5 Å². The largest absolute Gasteiger partial charge is 0.396 e. The fraction of sp³-hybridized carbons (Fsp3) is 0.727. The molecule has 0 radical (unpaired) electrons. The number of hydrogen-bond donors (Lipinski definition) is 1. The van der Waals surface area contributed by atoms with Crippen molar-refractivity contribution in [3.05, 3.63) is 16.1 Å². The third-order valence-electron chi connectivity index (χ3n) is 2.41. The third-order valence-corrected chi connectivity index (χ3v) is 3.34. The molecule has 0 saturated carbocycles. The Balaban J connectivity index is 2.73. The topological polar surface area (TPSA) is 33.1 Å². The average molecular weight is 213 g/mol. The fourth-order valence-corrected chi connectivity index (χ4v) is 2.43. The Morgan fingerprint density at radius 2 is 2.21 bits per heavy atom. The number of thiazole rings is 1. The first-order valence-corrected chi connectivity index (χ1v) is 6.12. The molecule has 0 aliphatic heterocycles. The summed E-state index contributed by atoms with van der Waals surface area (Å²) < 4.78 is 0. The van der Waals surface area contributed by atoms with Crippen LogP contribution < -0.4 is 0 Å². The second-order valence-electron chi connectivity index (χ2n) is 3.95. The van der Waals surface area contributed by atoms with E-state index in [1.54, 1.807) is 11.3 Å². The zero-order valence-corrected chi connectivity index (χ0v) is 9.97. The van der Waals surface area contributed by atoms with Gasteiger partial charge in [0, 0.05) is 11.3 Å². The summed E-state index contributed by atoms with van der Waals surface area (Å²) in [6.45, 7) is 6.61. The maximum atomic E-state index is 9.25. The van der Waals surface area contributed by atoms with Crippen LogP contribution in [-0.2, 0) is 6.42 Å². The number of hydrogen-bond acceptors (Lipinski definition) is 3. The number of rotatable bonds is 5. The average Bonchev–Trinajstić information content (AvgIpc) is 2.54. The van der Waals surface area contributed by atoms with Gasteiger partial charge in [0.25, 0.3) is 0 Å². The van der Waals surface area contributed by atoms with Gasteiger partial charge >= 0.3 is 0 Å². The van der Waals surface area contributed by atoms with E-state index in [2.05, 4.69) is 31.1 Å². The van der Waals surface area contributed by atoms with Crippen molar-refractivity contribution >= 4 is 11.3 Å². The van der Waals surface area contributed by atoms with Gasteiger partial charge in [-0.2, -0.15) is 0 Å². The van der Waals surface area contributed by atoms with Gasteiger partial charge in [-0.25, -0.2) is 4.98 Å². The highest BCUT2D eigenvalue weighted by Gasteiger charge is 2.17. The predicted octanol–water partition coefficient (Wildman–Crippen LogP) is 2.83. The number of aryl methyl sites for hydroxylation is 1. The Hall–Kier alpha value is -0.410. The molecule has 1 atom stereocenters. The fourth-order valence-electron chi connectivity index (χ4n) is 1.47. The Labute approximate surface area is 90.0 Å². The number of aliphatic hydroxyl groups excluding tert-OH is 1. The van der Waals surface area contributed by atoms with E-state index < -0.39 is 0 Å². The van der Waals surface area contributed by atoms with E-state index in [4.69, 9.17) is 0 Å². The van der Waals surface area contributed by atoms with Crippen molar-refractivity contribution in [1.29, 1.82) is 0 Å². The van der Waals surface area contributed by atoms with Gasteiger partial charge in [0.1, 0.15) is 0 Å². The first kappa shape index (κ1) is 11.7. The number of aromatic nitrogens is 1. The third kappa shape index (κ3) is 2.79. The molecule has 1 heterocycles. The van der Waals surface area contributed by atoms with Gasteiger partial charge in [0.05, 0.1) is 17.3 Å². The minimum absolute atomic E-state index is 0.201. The maximum Gasteiger partial charge on any atom is 0.0928 e. The molecule has 1 aromatic heterocycles. The lowest BCUT2D eigenvalue weighted by Gasteiger charge is -2.15. The molecule has 1 rings (SSSR count). The quantitative estimate of drug-likeness (QED) is 0.816. The maximum absolute atomic E-state index is 9.25. The Morgan fingerprint density at radius 3 is 2.71 bits per heavy atom. The van der Waals surface area contributed by atoms with Crippen LogP contribution >= 0.6 is 11.3 Å². The van der Waals surface area contributed by atoms with E-state index in [9.17, 15) is 5.11 Å². The number of nitrogens with zero attached hydrogens (tertiary/aromatic N) is 1. The SMILES string of the molecule is CCCc1nc(C(CO)C(C)C)cs1.